The Morgan fingerprint density at radius 2 is 1.78 bits per heavy atom. The molecule has 0 aromatic heterocycles. The van der Waals surface area contributed by atoms with Crippen molar-refractivity contribution in [3.8, 4) is 11.5 Å². The lowest BCUT2D eigenvalue weighted by Crippen LogP contribution is -1.92. The minimum absolute atomic E-state index is 0.321. The molecule has 0 spiro atoms. The molecule has 1 aliphatic heterocycles. The lowest BCUT2D eigenvalue weighted by atomic mass is 10.2. The predicted molar refractivity (Wildman–Crippen MR) is 73.9 cm³/mol. The fourth-order valence-corrected chi connectivity index (χ4v) is 2.40. The Kier molecular flexibility index (Phi) is 3.24. The second-order valence-corrected chi connectivity index (χ2v) is 4.83. The second kappa shape index (κ2) is 5.19. The summed E-state index contributed by atoms with van der Waals surface area (Å²) in [5, 5.41) is 2.08. The van der Waals surface area contributed by atoms with Crippen LogP contribution in [0.25, 0.3) is 6.08 Å². The molecule has 2 nitrogen and oxygen atoms in total. The molecule has 3 rings (SSSR count). The molecule has 90 valence electrons. The van der Waals surface area contributed by atoms with Gasteiger partial charge in [0.2, 0.25) is 6.79 Å². The van der Waals surface area contributed by atoms with E-state index in [1.54, 1.807) is 11.8 Å². The van der Waals surface area contributed by atoms with E-state index in [1.165, 1.54) is 4.90 Å². The minimum atomic E-state index is 0.321. The van der Waals surface area contributed by atoms with Crippen LogP contribution in [0, 0.1) is 0 Å². The van der Waals surface area contributed by atoms with E-state index in [0.29, 0.717) is 6.79 Å². The first-order valence-electron chi connectivity index (χ1n) is 5.70. The van der Waals surface area contributed by atoms with Crippen LogP contribution >= 0.6 is 11.8 Å². The summed E-state index contributed by atoms with van der Waals surface area (Å²) >= 11 is 1.70. The topological polar surface area (TPSA) is 18.5 Å². The summed E-state index contributed by atoms with van der Waals surface area (Å²) in [6.45, 7) is 0.321. The quantitative estimate of drug-likeness (QED) is 0.768. The van der Waals surface area contributed by atoms with Gasteiger partial charge < -0.3 is 9.47 Å². The van der Waals surface area contributed by atoms with E-state index < -0.39 is 0 Å². The molecule has 1 aliphatic rings. The fourth-order valence-electron chi connectivity index (χ4n) is 1.71. The van der Waals surface area contributed by atoms with Crippen molar-refractivity contribution < 1.29 is 9.47 Å². The summed E-state index contributed by atoms with van der Waals surface area (Å²) in [4.78, 5) is 1.23. The Bertz CT molecular complexity index is 564. The van der Waals surface area contributed by atoms with Crippen LogP contribution in [0.3, 0.4) is 0 Å². The van der Waals surface area contributed by atoms with Gasteiger partial charge in [0.1, 0.15) is 0 Å². The summed E-state index contributed by atoms with van der Waals surface area (Å²) < 4.78 is 10.6. The second-order valence-electron chi connectivity index (χ2n) is 3.85. The molecule has 2 aromatic rings. The van der Waals surface area contributed by atoms with E-state index in [1.807, 2.05) is 36.4 Å². The molecular weight excluding hydrogens is 244 g/mol. The molecule has 0 aliphatic carbocycles. The van der Waals surface area contributed by atoms with Gasteiger partial charge in [-0.3, -0.25) is 0 Å². The first-order chi connectivity index (χ1) is 8.92. The molecule has 0 N–H and O–H groups in total. The van der Waals surface area contributed by atoms with Gasteiger partial charge in [0.15, 0.2) is 11.5 Å². The number of rotatable bonds is 3. The zero-order chi connectivity index (χ0) is 12.2. The minimum Gasteiger partial charge on any atom is -0.454 e. The highest BCUT2D eigenvalue weighted by Gasteiger charge is 2.11. The molecule has 3 heteroatoms. The highest BCUT2D eigenvalue weighted by molar-refractivity contribution is 8.02. The Morgan fingerprint density at radius 3 is 2.67 bits per heavy atom. The standard InChI is InChI=1S/C15H12O2S/c1-2-4-13(5-3-1)18-9-8-12-6-7-14-15(10-12)17-11-16-14/h1-10H,11H2/b9-8+. The monoisotopic (exact) mass is 256 g/mol. The van der Waals surface area contributed by atoms with Gasteiger partial charge in [0.05, 0.1) is 0 Å². The van der Waals surface area contributed by atoms with E-state index in [0.717, 1.165) is 17.1 Å². The number of thioether (sulfide) groups is 1. The lowest BCUT2D eigenvalue weighted by Gasteiger charge is -1.98. The fraction of sp³-hybridized carbons (Fsp3) is 0.0667. The molecule has 0 bridgehead atoms. The largest absolute Gasteiger partial charge is 0.454 e. The van der Waals surface area contributed by atoms with Crippen molar-refractivity contribution in [3.05, 3.63) is 59.5 Å². The maximum absolute atomic E-state index is 5.34. The number of hydrogen-bond donors (Lipinski definition) is 0. The van der Waals surface area contributed by atoms with E-state index in [4.69, 9.17) is 9.47 Å². The molecule has 0 amide bonds. The van der Waals surface area contributed by atoms with Crippen molar-refractivity contribution in [2.45, 2.75) is 4.90 Å². The SMILES string of the molecule is C(=C\c1ccc2c(c1)OCO2)/Sc1ccccc1. The lowest BCUT2D eigenvalue weighted by molar-refractivity contribution is 0.174. The Morgan fingerprint density at radius 1 is 0.944 bits per heavy atom. The third-order valence-electron chi connectivity index (χ3n) is 2.60. The van der Waals surface area contributed by atoms with Crippen LogP contribution < -0.4 is 9.47 Å². The van der Waals surface area contributed by atoms with Crippen molar-refractivity contribution in [2.75, 3.05) is 6.79 Å². The summed E-state index contributed by atoms with van der Waals surface area (Å²) in [5.74, 6) is 1.64. The Balaban J connectivity index is 1.69. The molecule has 0 fully saturated rings. The number of fused-ring (bicyclic) bond motifs is 1. The van der Waals surface area contributed by atoms with E-state index >= 15 is 0 Å². The molecule has 1 heterocycles. The number of benzene rings is 2. The van der Waals surface area contributed by atoms with Crippen molar-refractivity contribution in [1.29, 1.82) is 0 Å². The third kappa shape index (κ3) is 2.51. The van der Waals surface area contributed by atoms with Gasteiger partial charge in [-0.2, -0.15) is 0 Å². The molecule has 0 atom stereocenters. The average Bonchev–Trinajstić information content (AvgIpc) is 2.87. The van der Waals surface area contributed by atoms with Gasteiger partial charge in [0, 0.05) is 4.90 Å². The molecule has 0 unspecified atom stereocenters. The molecule has 0 saturated carbocycles. The third-order valence-corrected chi connectivity index (χ3v) is 3.42. The molecule has 0 saturated heterocycles. The van der Waals surface area contributed by atoms with Crippen molar-refractivity contribution in [1.82, 2.24) is 0 Å². The maximum Gasteiger partial charge on any atom is 0.231 e. The summed E-state index contributed by atoms with van der Waals surface area (Å²) in [6.07, 6.45) is 2.07. The highest BCUT2D eigenvalue weighted by Crippen LogP contribution is 2.33. The van der Waals surface area contributed by atoms with Crippen LogP contribution in [-0.2, 0) is 0 Å². The Hall–Kier alpha value is -1.87. The van der Waals surface area contributed by atoms with Crippen LogP contribution in [0.15, 0.2) is 58.8 Å². The van der Waals surface area contributed by atoms with Gasteiger partial charge >= 0.3 is 0 Å². The molecule has 0 radical (unpaired) electrons. The van der Waals surface area contributed by atoms with Crippen LogP contribution in [0.1, 0.15) is 5.56 Å². The molecule has 2 aromatic carbocycles. The first-order valence-corrected chi connectivity index (χ1v) is 6.58. The highest BCUT2D eigenvalue weighted by atomic mass is 32.2. The Labute approximate surface area is 110 Å². The van der Waals surface area contributed by atoms with Gasteiger partial charge in [-0.1, -0.05) is 36.0 Å². The maximum atomic E-state index is 5.34. The molecular formula is C15H12O2S. The van der Waals surface area contributed by atoms with E-state index in [9.17, 15) is 0 Å². The first kappa shape index (κ1) is 11.2. The van der Waals surface area contributed by atoms with Crippen molar-refractivity contribution >= 4 is 17.8 Å². The average molecular weight is 256 g/mol. The van der Waals surface area contributed by atoms with Crippen LogP contribution in [0.2, 0.25) is 0 Å². The van der Waals surface area contributed by atoms with Crippen molar-refractivity contribution in [2.24, 2.45) is 0 Å². The zero-order valence-corrected chi connectivity index (χ0v) is 10.5. The van der Waals surface area contributed by atoms with Gasteiger partial charge in [-0.25, -0.2) is 0 Å². The van der Waals surface area contributed by atoms with E-state index in [2.05, 4.69) is 23.6 Å². The zero-order valence-electron chi connectivity index (χ0n) is 9.71. The normalized spacial score (nSPS) is 13.1. The van der Waals surface area contributed by atoms with Crippen LogP contribution in [-0.4, -0.2) is 6.79 Å². The summed E-state index contributed by atoms with van der Waals surface area (Å²) in [5.41, 5.74) is 1.11. The predicted octanol–water partition coefficient (Wildman–Crippen LogP) is 4.18. The van der Waals surface area contributed by atoms with E-state index in [-0.39, 0.29) is 0 Å². The summed E-state index contributed by atoms with van der Waals surface area (Å²) in [6, 6.07) is 16.2. The number of hydrogen-bond acceptors (Lipinski definition) is 3. The van der Waals surface area contributed by atoms with Crippen LogP contribution in [0.4, 0.5) is 0 Å². The smallest absolute Gasteiger partial charge is 0.231 e. The number of ether oxygens (including phenoxy) is 2. The van der Waals surface area contributed by atoms with Crippen LogP contribution in [0.5, 0.6) is 11.5 Å². The van der Waals surface area contributed by atoms with Gasteiger partial charge in [-0.15, -0.1) is 0 Å². The summed E-state index contributed by atoms with van der Waals surface area (Å²) in [7, 11) is 0. The molecule has 18 heavy (non-hydrogen) atoms. The van der Waals surface area contributed by atoms with Gasteiger partial charge in [-0.05, 0) is 41.3 Å². The van der Waals surface area contributed by atoms with Crippen molar-refractivity contribution in [3.63, 3.8) is 0 Å². The van der Waals surface area contributed by atoms with Gasteiger partial charge in [0.25, 0.3) is 0 Å².